The van der Waals surface area contributed by atoms with Gasteiger partial charge in [-0.1, -0.05) is 46.0 Å². The minimum absolute atomic E-state index is 0.656. The van der Waals surface area contributed by atoms with Gasteiger partial charge in [0.2, 0.25) is 0 Å². The Labute approximate surface area is 115 Å². The highest BCUT2D eigenvalue weighted by Gasteiger charge is 2.07. The van der Waals surface area contributed by atoms with Crippen LogP contribution in [0.15, 0.2) is 6.33 Å². The van der Waals surface area contributed by atoms with E-state index in [1.54, 1.807) is 4.52 Å². The highest BCUT2D eigenvalue weighted by Crippen LogP contribution is 2.13. The Morgan fingerprint density at radius 1 is 1.11 bits per heavy atom. The van der Waals surface area contributed by atoms with E-state index in [0.29, 0.717) is 5.78 Å². The van der Waals surface area contributed by atoms with E-state index in [4.69, 9.17) is 0 Å². The maximum atomic E-state index is 4.54. The molecule has 2 heterocycles. The molecule has 0 amide bonds. The van der Waals surface area contributed by atoms with Crippen LogP contribution in [0, 0.1) is 6.20 Å². The molecule has 0 saturated carbocycles. The average molecular weight is 259 g/mol. The third-order valence-corrected chi connectivity index (χ3v) is 3.47. The Bertz CT molecular complexity index is 504. The summed E-state index contributed by atoms with van der Waals surface area (Å²) in [6.45, 7) is 4.38. The highest BCUT2D eigenvalue weighted by atomic mass is 15.3. The molecule has 19 heavy (non-hydrogen) atoms. The summed E-state index contributed by atoms with van der Waals surface area (Å²) in [5.41, 5.74) is 2.32. The third kappa shape index (κ3) is 3.75. The Hall–Kier alpha value is -1.45. The number of aryl methyl sites for hydroxylation is 2. The van der Waals surface area contributed by atoms with Crippen LogP contribution in [0.4, 0.5) is 0 Å². The first-order valence-electron chi connectivity index (χ1n) is 7.46. The van der Waals surface area contributed by atoms with Crippen molar-refractivity contribution in [3.05, 3.63) is 23.8 Å². The van der Waals surface area contributed by atoms with Gasteiger partial charge in [-0.2, -0.15) is 14.6 Å². The highest BCUT2D eigenvalue weighted by molar-refractivity contribution is 5.30. The van der Waals surface area contributed by atoms with E-state index in [2.05, 4.69) is 35.1 Å². The maximum Gasteiger partial charge on any atom is 0.253 e. The predicted molar refractivity (Wildman–Crippen MR) is 76.1 cm³/mol. The van der Waals surface area contributed by atoms with Gasteiger partial charge in [-0.05, 0) is 19.3 Å². The quantitative estimate of drug-likeness (QED) is 0.682. The summed E-state index contributed by atoms with van der Waals surface area (Å²) in [5, 5.41) is 4.11. The molecule has 0 aliphatic carbocycles. The lowest BCUT2D eigenvalue weighted by atomic mass is 10.0. The zero-order valence-corrected chi connectivity index (χ0v) is 12.0. The first kappa shape index (κ1) is 14.0. The molecular weight excluding hydrogens is 236 g/mol. The van der Waals surface area contributed by atoms with Crippen LogP contribution in [0.25, 0.3) is 5.78 Å². The van der Waals surface area contributed by atoms with Crippen molar-refractivity contribution < 1.29 is 0 Å². The van der Waals surface area contributed by atoms with Crippen LogP contribution in [0.1, 0.15) is 63.6 Å². The number of hydrogen-bond acceptors (Lipinski definition) is 3. The van der Waals surface area contributed by atoms with Gasteiger partial charge in [0.1, 0.15) is 6.33 Å². The van der Waals surface area contributed by atoms with Crippen LogP contribution < -0.4 is 0 Å². The number of nitrogens with zero attached hydrogens (tertiary/aromatic N) is 4. The summed E-state index contributed by atoms with van der Waals surface area (Å²) in [4.78, 5) is 8.65. The van der Waals surface area contributed by atoms with Crippen LogP contribution in [0.3, 0.4) is 0 Å². The fourth-order valence-corrected chi connectivity index (χ4v) is 2.35. The van der Waals surface area contributed by atoms with Crippen LogP contribution in [-0.4, -0.2) is 19.6 Å². The van der Waals surface area contributed by atoms with Crippen LogP contribution in [0.2, 0.25) is 0 Å². The SMILES string of the molecule is CCCCCCCCc1[c]n2ncnc2nc1CC. The normalized spacial score (nSPS) is 11.3. The van der Waals surface area contributed by atoms with Gasteiger partial charge in [0.05, 0.1) is 6.20 Å². The summed E-state index contributed by atoms with van der Waals surface area (Å²) in [6, 6.07) is 0. The summed E-state index contributed by atoms with van der Waals surface area (Å²) in [7, 11) is 0. The molecule has 0 aliphatic rings. The molecule has 0 aromatic carbocycles. The van der Waals surface area contributed by atoms with Crippen molar-refractivity contribution >= 4 is 5.78 Å². The van der Waals surface area contributed by atoms with E-state index in [1.807, 2.05) is 0 Å². The van der Waals surface area contributed by atoms with Crippen molar-refractivity contribution in [1.82, 2.24) is 19.6 Å². The smallest absolute Gasteiger partial charge is 0.216 e. The zero-order valence-electron chi connectivity index (χ0n) is 12.0. The molecule has 1 radical (unpaired) electrons. The van der Waals surface area contributed by atoms with Crippen LogP contribution >= 0.6 is 0 Å². The second-order valence-corrected chi connectivity index (χ2v) is 4.99. The number of rotatable bonds is 8. The topological polar surface area (TPSA) is 43.1 Å². The van der Waals surface area contributed by atoms with Crippen molar-refractivity contribution in [1.29, 1.82) is 0 Å². The van der Waals surface area contributed by atoms with Gasteiger partial charge >= 0.3 is 0 Å². The minimum Gasteiger partial charge on any atom is -0.216 e. The Morgan fingerprint density at radius 2 is 1.89 bits per heavy atom. The molecule has 0 N–H and O–H groups in total. The molecule has 0 unspecified atom stereocenters. The molecule has 4 heteroatoms. The summed E-state index contributed by atoms with van der Waals surface area (Å²) in [6.07, 6.45) is 14.7. The monoisotopic (exact) mass is 259 g/mol. The molecule has 2 rings (SSSR count). The third-order valence-electron chi connectivity index (χ3n) is 3.47. The van der Waals surface area contributed by atoms with Gasteiger partial charge in [-0.3, -0.25) is 0 Å². The lowest BCUT2D eigenvalue weighted by Gasteiger charge is -2.06. The first-order valence-corrected chi connectivity index (χ1v) is 7.46. The standard InChI is InChI=1S/C15H23N4/c1-3-5-6-7-8-9-10-13-11-19-15(16-12-17-19)18-14(13)4-2/h12H,3-10H2,1-2H3. The zero-order chi connectivity index (χ0) is 13.5. The first-order chi connectivity index (χ1) is 9.35. The Kier molecular flexibility index (Phi) is 5.31. The molecule has 4 nitrogen and oxygen atoms in total. The molecule has 0 aliphatic heterocycles. The molecule has 0 saturated heterocycles. The van der Waals surface area contributed by atoms with Gasteiger partial charge in [0, 0.05) is 11.3 Å². The number of unbranched alkanes of at least 4 members (excludes halogenated alkanes) is 5. The van der Waals surface area contributed by atoms with Crippen molar-refractivity contribution in [2.24, 2.45) is 0 Å². The molecule has 0 spiro atoms. The van der Waals surface area contributed by atoms with E-state index in [0.717, 1.165) is 18.5 Å². The Balaban J connectivity index is 1.91. The van der Waals surface area contributed by atoms with E-state index >= 15 is 0 Å². The van der Waals surface area contributed by atoms with E-state index in [9.17, 15) is 0 Å². The van der Waals surface area contributed by atoms with Gasteiger partial charge in [-0.15, -0.1) is 0 Å². The van der Waals surface area contributed by atoms with Crippen molar-refractivity contribution in [3.8, 4) is 0 Å². The van der Waals surface area contributed by atoms with Crippen LogP contribution in [0.5, 0.6) is 0 Å². The Morgan fingerprint density at radius 3 is 2.68 bits per heavy atom. The minimum atomic E-state index is 0.656. The maximum absolute atomic E-state index is 4.54. The van der Waals surface area contributed by atoms with Crippen molar-refractivity contribution in [2.45, 2.75) is 65.2 Å². The van der Waals surface area contributed by atoms with Gasteiger partial charge in [-0.25, -0.2) is 4.98 Å². The van der Waals surface area contributed by atoms with Gasteiger partial charge < -0.3 is 0 Å². The predicted octanol–water partition coefficient (Wildman–Crippen LogP) is 3.39. The van der Waals surface area contributed by atoms with E-state index in [1.165, 1.54) is 50.4 Å². The van der Waals surface area contributed by atoms with Crippen molar-refractivity contribution in [3.63, 3.8) is 0 Å². The number of aromatic nitrogens is 4. The fraction of sp³-hybridized carbons (Fsp3) is 0.667. The second kappa shape index (κ2) is 7.22. The molecule has 0 bridgehead atoms. The van der Waals surface area contributed by atoms with E-state index in [-0.39, 0.29) is 0 Å². The number of hydrogen-bond donors (Lipinski definition) is 0. The van der Waals surface area contributed by atoms with Gasteiger partial charge in [0.15, 0.2) is 0 Å². The lowest BCUT2D eigenvalue weighted by molar-refractivity contribution is 0.604. The summed E-state index contributed by atoms with van der Waals surface area (Å²) in [5.74, 6) is 0.656. The van der Waals surface area contributed by atoms with E-state index < -0.39 is 0 Å². The molecule has 0 fully saturated rings. The fourth-order valence-electron chi connectivity index (χ4n) is 2.35. The molecule has 2 aromatic heterocycles. The summed E-state index contributed by atoms with van der Waals surface area (Å²) >= 11 is 0. The molecule has 2 aromatic rings. The largest absolute Gasteiger partial charge is 0.253 e. The second-order valence-electron chi connectivity index (χ2n) is 4.99. The van der Waals surface area contributed by atoms with Crippen molar-refractivity contribution in [2.75, 3.05) is 0 Å². The average Bonchev–Trinajstić information content (AvgIpc) is 2.88. The van der Waals surface area contributed by atoms with Crippen LogP contribution in [-0.2, 0) is 12.8 Å². The van der Waals surface area contributed by atoms with Gasteiger partial charge in [0.25, 0.3) is 5.78 Å². The lowest BCUT2D eigenvalue weighted by Crippen LogP contribution is -2.03. The molecule has 0 atom stereocenters. The number of fused-ring (bicyclic) bond motifs is 1. The molecular formula is C15H23N4. The summed E-state index contributed by atoms with van der Waals surface area (Å²) < 4.78 is 1.66. The molecule has 103 valence electrons.